The van der Waals surface area contributed by atoms with Crippen LogP contribution in [0.4, 0.5) is 5.69 Å². The van der Waals surface area contributed by atoms with Gasteiger partial charge in [-0.05, 0) is 56.0 Å². The molecule has 3 aromatic rings. The molecule has 0 aromatic heterocycles. The smallest absolute Gasteiger partial charge is 0.264 e. The van der Waals surface area contributed by atoms with E-state index >= 15 is 0 Å². The summed E-state index contributed by atoms with van der Waals surface area (Å²) in [6, 6.07) is 24.1. The molecule has 6 rings (SSSR count). The quantitative estimate of drug-likeness (QED) is 0.484. The van der Waals surface area contributed by atoms with Gasteiger partial charge in [0.2, 0.25) is 0 Å². The van der Waals surface area contributed by atoms with Crippen molar-refractivity contribution in [3.05, 3.63) is 107 Å². The summed E-state index contributed by atoms with van der Waals surface area (Å²) in [7, 11) is -3.68. The summed E-state index contributed by atoms with van der Waals surface area (Å²) in [6.07, 6.45) is 2.24. The Hall–Kier alpha value is -2.85. The number of benzene rings is 3. The Morgan fingerprint density at radius 2 is 1.47 bits per heavy atom. The maximum Gasteiger partial charge on any atom is 0.264 e. The number of hydrogen-bond acceptors (Lipinski definition) is 2. The highest BCUT2D eigenvalue weighted by molar-refractivity contribution is 7.92. The first-order valence-electron chi connectivity index (χ1n) is 11.3. The van der Waals surface area contributed by atoms with Crippen molar-refractivity contribution in [3.8, 4) is 0 Å². The average molecular weight is 442 g/mol. The third-order valence-electron chi connectivity index (χ3n) is 8.12. The van der Waals surface area contributed by atoms with E-state index < -0.39 is 10.0 Å². The number of hydrogen-bond donors (Lipinski definition) is 0. The number of para-hydroxylation sites is 1. The predicted octanol–water partition coefficient (Wildman–Crippen LogP) is 5.76. The topological polar surface area (TPSA) is 37.4 Å². The van der Waals surface area contributed by atoms with Crippen molar-refractivity contribution < 1.29 is 8.42 Å². The zero-order valence-corrected chi connectivity index (χ0v) is 19.3. The summed E-state index contributed by atoms with van der Waals surface area (Å²) in [5, 5.41) is 0. The van der Waals surface area contributed by atoms with Gasteiger partial charge in [0.25, 0.3) is 10.0 Å². The Bertz CT molecular complexity index is 1350. The lowest BCUT2D eigenvalue weighted by Crippen LogP contribution is -2.64. The monoisotopic (exact) mass is 441 g/mol. The molecule has 1 spiro atoms. The lowest BCUT2D eigenvalue weighted by Gasteiger charge is -2.64. The molecular weight excluding hydrogens is 414 g/mol. The Labute approximate surface area is 190 Å². The number of fused-ring (bicyclic) bond motifs is 4. The van der Waals surface area contributed by atoms with Crippen LogP contribution < -0.4 is 4.31 Å². The predicted molar refractivity (Wildman–Crippen MR) is 128 cm³/mol. The number of rotatable bonds is 3. The molecule has 3 nitrogen and oxygen atoms in total. The lowest BCUT2D eigenvalue weighted by molar-refractivity contribution is 0.134. The average Bonchev–Trinajstić information content (AvgIpc) is 3.62. The number of anilines is 1. The number of aryl methyl sites for hydroxylation is 2. The normalized spacial score (nSPS) is 25.1. The van der Waals surface area contributed by atoms with Gasteiger partial charge in [-0.15, -0.1) is 0 Å². The van der Waals surface area contributed by atoms with Crippen LogP contribution >= 0.6 is 0 Å². The van der Waals surface area contributed by atoms with Gasteiger partial charge >= 0.3 is 0 Å². The van der Waals surface area contributed by atoms with Crippen LogP contribution in [0.1, 0.15) is 35.1 Å². The second kappa shape index (κ2) is 6.35. The first-order valence-corrected chi connectivity index (χ1v) is 12.7. The molecule has 2 fully saturated rings. The molecule has 0 amide bonds. The fourth-order valence-corrected chi connectivity index (χ4v) is 7.94. The van der Waals surface area contributed by atoms with Crippen LogP contribution in [0.2, 0.25) is 0 Å². The van der Waals surface area contributed by atoms with Crippen molar-refractivity contribution in [3.63, 3.8) is 0 Å². The first kappa shape index (κ1) is 19.8. The van der Waals surface area contributed by atoms with Crippen molar-refractivity contribution in [2.45, 2.75) is 37.0 Å². The van der Waals surface area contributed by atoms with Crippen LogP contribution in [0.5, 0.6) is 0 Å². The standard InChI is InChI=1S/C28H27NO2S/c1-19-8-12-22(13-9-19)28-24-6-4-5-7-26(24)29(18-25(28)21(3)27(28)16-17-27)32(30,31)23-14-10-20(2)11-15-23/h4-15,25H,3,16-18H2,1-2H3/t25-,28-/m0/s1. The molecule has 0 bridgehead atoms. The summed E-state index contributed by atoms with van der Waals surface area (Å²) in [4.78, 5) is 0.340. The maximum absolute atomic E-state index is 13.8. The third kappa shape index (κ3) is 2.28. The van der Waals surface area contributed by atoms with E-state index in [2.05, 4.69) is 43.8 Å². The highest BCUT2D eigenvalue weighted by atomic mass is 32.2. The van der Waals surface area contributed by atoms with Gasteiger partial charge in [-0.25, -0.2) is 8.42 Å². The van der Waals surface area contributed by atoms with Crippen LogP contribution in [0.25, 0.3) is 0 Å². The molecule has 0 unspecified atom stereocenters. The Balaban J connectivity index is 1.58. The van der Waals surface area contributed by atoms with E-state index in [1.54, 1.807) is 16.4 Å². The van der Waals surface area contributed by atoms with E-state index in [1.807, 2.05) is 37.3 Å². The van der Waals surface area contributed by atoms with E-state index in [0.717, 1.165) is 29.7 Å². The largest absolute Gasteiger partial charge is 0.265 e. The van der Waals surface area contributed by atoms with Gasteiger partial charge in [0, 0.05) is 23.3 Å². The Kier molecular flexibility index (Phi) is 3.93. The van der Waals surface area contributed by atoms with E-state index in [4.69, 9.17) is 0 Å². The molecule has 2 aliphatic carbocycles. The van der Waals surface area contributed by atoms with Crippen LogP contribution in [-0.4, -0.2) is 15.0 Å². The zero-order chi connectivity index (χ0) is 22.3. The summed E-state index contributed by atoms with van der Waals surface area (Å²) in [5.74, 6) is 0.0721. The first-order chi connectivity index (χ1) is 15.3. The van der Waals surface area contributed by atoms with Crippen molar-refractivity contribution in [2.24, 2.45) is 11.3 Å². The molecule has 0 N–H and O–H groups in total. The summed E-state index contributed by atoms with van der Waals surface area (Å²) in [6.45, 7) is 9.01. The molecule has 0 saturated heterocycles. The fourth-order valence-electron chi connectivity index (χ4n) is 6.44. The highest BCUT2D eigenvalue weighted by Crippen LogP contribution is 2.80. The number of sulfonamides is 1. The summed E-state index contributed by atoms with van der Waals surface area (Å²) < 4.78 is 29.2. The SMILES string of the molecule is C=C1[C@@H]2CN(S(=O)(=O)c3ccc(C)cc3)c3ccccc3[C@]2(c2ccc(C)cc2)C12CC2. The minimum Gasteiger partial charge on any atom is -0.265 e. The van der Waals surface area contributed by atoms with Gasteiger partial charge in [0.05, 0.1) is 10.6 Å². The molecule has 2 atom stereocenters. The van der Waals surface area contributed by atoms with Gasteiger partial charge in [-0.1, -0.05) is 77.9 Å². The summed E-state index contributed by atoms with van der Waals surface area (Å²) in [5.41, 5.74) is 6.58. The van der Waals surface area contributed by atoms with Gasteiger partial charge < -0.3 is 0 Å². The van der Waals surface area contributed by atoms with E-state index in [-0.39, 0.29) is 16.7 Å². The van der Waals surface area contributed by atoms with Crippen molar-refractivity contribution >= 4 is 15.7 Å². The van der Waals surface area contributed by atoms with Gasteiger partial charge in [-0.3, -0.25) is 4.31 Å². The van der Waals surface area contributed by atoms with E-state index in [1.165, 1.54) is 16.7 Å². The second-order valence-electron chi connectivity index (χ2n) is 9.70. The zero-order valence-electron chi connectivity index (χ0n) is 18.5. The van der Waals surface area contributed by atoms with Gasteiger partial charge in [0.15, 0.2) is 0 Å². The van der Waals surface area contributed by atoms with Crippen molar-refractivity contribution in [2.75, 3.05) is 10.8 Å². The molecular formula is C28H27NO2S. The lowest BCUT2D eigenvalue weighted by atomic mass is 9.41. The second-order valence-corrected chi connectivity index (χ2v) is 11.6. The Morgan fingerprint density at radius 1 is 0.875 bits per heavy atom. The van der Waals surface area contributed by atoms with Gasteiger partial charge in [-0.2, -0.15) is 0 Å². The van der Waals surface area contributed by atoms with Gasteiger partial charge in [0.1, 0.15) is 0 Å². The van der Waals surface area contributed by atoms with Crippen molar-refractivity contribution in [1.82, 2.24) is 0 Å². The molecule has 1 aliphatic heterocycles. The maximum atomic E-state index is 13.8. The van der Waals surface area contributed by atoms with Crippen LogP contribution in [0.15, 0.2) is 89.8 Å². The molecule has 3 aliphatic rings. The third-order valence-corrected chi connectivity index (χ3v) is 9.92. The van der Waals surface area contributed by atoms with Crippen LogP contribution in [0, 0.1) is 25.2 Å². The van der Waals surface area contributed by atoms with Crippen molar-refractivity contribution in [1.29, 1.82) is 0 Å². The molecule has 0 radical (unpaired) electrons. The minimum absolute atomic E-state index is 0.0583. The Morgan fingerprint density at radius 3 is 2.09 bits per heavy atom. The molecule has 3 aromatic carbocycles. The molecule has 4 heteroatoms. The molecule has 1 heterocycles. The highest BCUT2D eigenvalue weighted by Gasteiger charge is 2.76. The minimum atomic E-state index is -3.68. The van der Waals surface area contributed by atoms with Crippen LogP contribution in [-0.2, 0) is 15.4 Å². The van der Waals surface area contributed by atoms with E-state index in [9.17, 15) is 8.42 Å². The summed E-state index contributed by atoms with van der Waals surface area (Å²) >= 11 is 0. The number of nitrogens with zero attached hydrogens (tertiary/aromatic N) is 1. The fraction of sp³-hybridized carbons (Fsp3) is 0.286. The molecule has 32 heavy (non-hydrogen) atoms. The molecule has 2 saturated carbocycles. The molecule has 162 valence electrons. The van der Waals surface area contributed by atoms with Crippen LogP contribution in [0.3, 0.4) is 0 Å². The van der Waals surface area contributed by atoms with E-state index in [0.29, 0.717) is 11.4 Å².